The second-order valence-electron chi connectivity index (χ2n) is 8.21. The van der Waals surface area contributed by atoms with Crippen LogP contribution in [0.5, 0.6) is 5.75 Å². The Hall–Kier alpha value is -3.41. The number of hydrogen-bond acceptors (Lipinski definition) is 4. The van der Waals surface area contributed by atoms with E-state index >= 15 is 0 Å². The average Bonchev–Trinajstić information content (AvgIpc) is 2.84. The van der Waals surface area contributed by atoms with E-state index in [1.165, 1.54) is 0 Å². The maximum absolute atomic E-state index is 11.2. The Kier molecular flexibility index (Phi) is 9.02. The monoisotopic (exact) mass is 460 g/mol. The van der Waals surface area contributed by atoms with Crippen molar-refractivity contribution in [1.82, 2.24) is 0 Å². The summed E-state index contributed by atoms with van der Waals surface area (Å²) in [6.07, 6.45) is 1.03. The second kappa shape index (κ2) is 12.2. The van der Waals surface area contributed by atoms with Crippen LogP contribution in [0.1, 0.15) is 43.6 Å². The smallest absolute Gasteiger partial charge is 0.333 e. The number of rotatable bonds is 11. The van der Waals surface area contributed by atoms with Crippen LogP contribution in [0.4, 0.5) is 0 Å². The molecule has 5 nitrogen and oxygen atoms in total. The van der Waals surface area contributed by atoms with Crippen molar-refractivity contribution in [2.45, 2.75) is 39.4 Å². The van der Waals surface area contributed by atoms with E-state index in [-0.39, 0.29) is 0 Å². The maximum atomic E-state index is 11.2. The first-order valence-electron chi connectivity index (χ1n) is 11.5. The van der Waals surface area contributed by atoms with Crippen LogP contribution in [0.2, 0.25) is 0 Å². The minimum atomic E-state index is -0.955. The molecule has 0 radical (unpaired) electrons. The Labute approximate surface area is 201 Å². The Morgan fingerprint density at radius 2 is 1.71 bits per heavy atom. The first-order chi connectivity index (χ1) is 16.4. The van der Waals surface area contributed by atoms with Crippen LogP contribution in [0, 0.1) is 0 Å². The highest BCUT2D eigenvalue weighted by Gasteiger charge is 2.17. The first kappa shape index (κ1) is 25.2. The standard InChI is InChI=1S/C29H32O5/c1-4-33-28(29(31)32)18-22-8-14-27(15-9-22)34-17-16-20(2)23-10-12-24(13-11-23)26-7-5-6-25(19-26)21(3)30/h5-16,19,21,28,30H,4,17-18H2,1-3H3,(H,31,32)/b20-16-. The van der Waals surface area contributed by atoms with E-state index in [0.29, 0.717) is 19.6 Å². The molecule has 2 unspecified atom stereocenters. The van der Waals surface area contributed by atoms with Crippen LogP contribution in [0.25, 0.3) is 16.7 Å². The number of carbonyl (C=O) groups is 1. The molecule has 34 heavy (non-hydrogen) atoms. The van der Waals surface area contributed by atoms with Crippen LogP contribution < -0.4 is 4.74 Å². The number of carboxylic acid groups (broad SMARTS) is 1. The Bertz CT molecular complexity index is 1100. The highest BCUT2D eigenvalue weighted by atomic mass is 16.5. The van der Waals surface area contributed by atoms with E-state index in [0.717, 1.165) is 39.1 Å². The molecule has 0 aliphatic carbocycles. The van der Waals surface area contributed by atoms with Gasteiger partial charge in [0.15, 0.2) is 6.10 Å². The number of hydrogen-bond donors (Lipinski definition) is 2. The van der Waals surface area contributed by atoms with Crippen molar-refractivity contribution in [3.63, 3.8) is 0 Å². The van der Waals surface area contributed by atoms with Gasteiger partial charge in [-0.25, -0.2) is 4.79 Å². The molecule has 178 valence electrons. The summed E-state index contributed by atoms with van der Waals surface area (Å²) in [5, 5.41) is 19.0. The zero-order valence-corrected chi connectivity index (χ0v) is 19.9. The van der Waals surface area contributed by atoms with Gasteiger partial charge >= 0.3 is 5.97 Å². The molecule has 0 heterocycles. The molecule has 3 aromatic rings. The van der Waals surface area contributed by atoms with Gasteiger partial charge in [0.25, 0.3) is 0 Å². The Morgan fingerprint density at radius 3 is 2.32 bits per heavy atom. The van der Waals surface area contributed by atoms with Crippen molar-refractivity contribution in [2.24, 2.45) is 0 Å². The second-order valence-corrected chi connectivity index (χ2v) is 8.21. The molecular formula is C29H32O5. The highest BCUT2D eigenvalue weighted by molar-refractivity contribution is 5.73. The van der Waals surface area contributed by atoms with Gasteiger partial charge in [-0.3, -0.25) is 0 Å². The molecule has 0 bridgehead atoms. The van der Waals surface area contributed by atoms with Crippen molar-refractivity contribution in [2.75, 3.05) is 13.2 Å². The van der Waals surface area contributed by atoms with Crippen molar-refractivity contribution in [3.8, 4) is 16.9 Å². The summed E-state index contributed by atoms with van der Waals surface area (Å²) in [7, 11) is 0. The summed E-state index contributed by atoms with van der Waals surface area (Å²) in [5.74, 6) is -0.228. The largest absolute Gasteiger partial charge is 0.490 e. The molecule has 0 saturated carbocycles. The van der Waals surface area contributed by atoms with E-state index in [1.807, 2.05) is 54.6 Å². The van der Waals surface area contributed by atoms with Gasteiger partial charge in [0, 0.05) is 13.0 Å². The zero-order chi connectivity index (χ0) is 24.5. The Balaban J connectivity index is 1.57. The topological polar surface area (TPSA) is 76.0 Å². The van der Waals surface area contributed by atoms with Crippen molar-refractivity contribution in [1.29, 1.82) is 0 Å². The van der Waals surface area contributed by atoms with E-state index in [9.17, 15) is 15.0 Å². The minimum Gasteiger partial charge on any atom is -0.490 e. The lowest BCUT2D eigenvalue weighted by Crippen LogP contribution is -2.26. The molecule has 0 saturated heterocycles. The third-order valence-corrected chi connectivity index (χ3v) is 5.67. The molecule has 0 amide bonds. The molecule has 0 aromatic heterocycles. The summed E-state index contributed by atoms with van der Waals surface area (Å²) >= 11 is 0. The molecule has 2 atom stereocenters. The molecule has 2 N–H and O–H groups in total. The lowest BCUT2D eigenvalue weighted by Gasteiger charge is -2.12. The zero-order valence-electron chi connectivity index (χ0n) is 19.9. The fourth-order valence-electron chi connectivity index (χ4n) is 3.64. The van der Waals surface area contributed by atoms with Crippen molar-refractivity contribution in [3.05, 3.63) is 95.6 Å². The number of ether oxygens (including phenoxy) is 2. The van der Waals surface area contributed by atoms with Gasteiger partial charge in [0.2, 0.25) is 0 Å². The van der Waals surface area contributed by atoms with E-state index in [2.05, 4.69) is 31.2 Å². The summed E-state index contributed by atoms with van der Waals surface area (Å²) in [4.78, 5) is 11.2. The summed E-state index contributed by atoms with van der Waals surface area (Å²) in [6, 6.07) is 23.7. The summed E-state index contributed by atoms with van der Waals surface area (Å²) < 4.78 is 11.1. The van der Waals surface area contributed by atoms with Gasteiger partial charge in [-0.1, -0.05) is 54.6 Å². The van der Waals surface area contributed by atoms with Crippen LogP contribution >= 0.6 is 0 Å². The van der Waals surface area contributed by atoms with Crippen LogP contribution in [0.15, 0.2) is 78.9 Å². The Morgan fingerprint density at radius 1 is 1.00 bits per heavy atom. The quantitative estimate of drug-likeness (QED) is 0.371. The number of allylic oxidation sites excluding steroid dienone is 1. The fourth-order valence-corrected chi connectivity index (χ4v) is 3.64. The molecule has 0 aliphatic rings. The van der Waals surface area contributed by atoms with Gasteiger partial charge in [0.1, 0.15) is 12.4 Å². The molecule has 0 spiro atoms. The van der Waals surface area contributed by atoms with Gasteiger partial charge in [-0.2, -0.15) is 0 Å². The number of aliphatic hydroxyl groups excluding tert-OH is 1. The van der Waals surface area contributed by atoms with E-state index < -0.39 is 18.2 Å². The lowest BCUT2D eigenvalue weighted by atomic mass is 9.98. The number of aliphatic hydroxyl groups is 1. The molecule has 5 heteroatoms. The number of carboxylic acids is 1. The lowest BCUT2D eigenvalue weighted by molar-refractivity contribution is -0.149. The average molecular weight is 461 g/mol. The van der Waals surface area contributed by atoms with Gasteiger partial charge < -0.3 is 19.7 Å². The van der Waals surface area contributed by atoms with Crippen molar-refractivity contribution >= 4 is 11.5 Å². The normalized spacial score (nSPS) is 13.4. The molecule has 0 fully saturated rings. The summed E-state index contributed by atoms with van der Waals surface area (Å²) in [6.45, 7) is 6.40. The SMILES string of the molecule is CCOC(Cc1ccc(OC/C=C(/C)c2ccc(-c3cccc(C(C)O)c3)cc2)cc1)C(=O)O. The predicted molar refractivity (Wildman–Crippen MR) is 135 cm³/mol. The molecule has 0 aliphatic heterocycles. The van der Waals surface area contributed by atoms with E-state index in [4.69, 9.17) is 9.47 Å². The third-order valence-electron chi connectivity index (χ3n) is 5.67. The van der Waals surface area contributed by atoms with Crippen molar-refractivity contribution < 1.29 is 24.5 Å². The van der Waals surface area contributed by atoms with Gasteiger partial charge in [-0.05, 0) is 78.4 Å². The van der Waals surface area contributed by atoms with Gasteiger partial charge in [-0.15, -0.1) is 0 Å². The molecule has 3 aromatic carbocycles. The van der Waals surface area contributed by atoms with Crippen LogP contribution in [-0.2, 0) is 16.0 Å². The fraction of sp³-hybridized carbons (Fsp3) is 0.276. The number of benzene rings is 3. The maximum Gasteiger partial charge on any atom is 0.333 e. The third kappa shape index (κ3) is 7.04. The molecular weight excluding hydrogens is 428 g/mol. The van der Waals surface area contributed by atoms with Crippen LogP contribution in [0.3, 0.4) is 0 Å². The minimum absolute atomic E-state index is 0.321. The van der Waals surface area contributed by atoms with Gasteiger partial charge in [0.05, 0.1) is 6.10 Å². The highest BCUT2D eigenvalue weighted by Crippen LogP contribution is 2.25. The van der Waals surface area contributed by atoms with E-state index in [1.54, 1.807) is 13.8 Å². The summed E-state index contributed by atoms with van der Waals surface area (Å²) in [5.41, 5.74) is 6.20. The number of aliphatic carboxylic acids is 1. The molecule has 3 rings (SSSR count). The first-order valence-corrected chi connectivity index (χ1v) is 11.5. The van der Waals surface area contributed by atoms with Crippen LogP contribution in [-0.4, -0.2) is 35.5 Å². The predicted octanol–water partition coefficient (Wildman–Crippen LogP) is 5.92.